The van der Waals surface area contributed by atoms with Crippen LogP contribution in [0, 0.1) is 13.8 Å². The van der Waals surface area contributed by atoms with Gasteiger partial charge in [0.05, 0.1) is 19.6 Å². The number of carbonyl (C=O) groups is 1. The minimum absolute atomic E-state index is 0.0925. The van der Waals surface area contributed by atoms with E-state index in [9.17, 15) is 4.79 Å². The van der Waals surface area contributed by atoms with Crippen LogP contribution in [0.1, 0.15) is 36.1 Å². The second-order valence-electron chi connectivity index (χ2n) is 8.66. The van der Waals surface area contributed by atoms with Crippen molar-refractivity contribution in [3.05, 3.63) is 41.1 Å². The van der Waals surface area contributed by atoms with Gasteiger partial charge in [-0.05, 0) is 68.5 Å². The molecule has 1 amide bonds. The average molecular weight is 452 g/mol. The van der Waals surface area contributed by atoms with Gasteiger partial charge in [-0.2, -0.15) is 0 Å². The highest BCUT2D eigenvalue weighted by Crippen LogP contribution is 2.30. The van der Waals surface area contributed by atoms with Gasteiger partial charge in [0.2, 0.25) is 11.8 Å². The van der Waals surface area contributed by atoms with Crippen molar-refractivity contribution in [1.29, 1.82) is 0 Å². The predicted octanol–water partition coefficient (Wildman–Crippen LogP) is 3.32. The summed E-state index contributed by atoms with van der Waals surface area (Å²) >= 11 is 0. The second-order valence-corrected chi connectivity index (χ2v) is 8.66. The molecule has 176 valence electrons. The molecule has 33 heavy (non-hydrogen) atoms. The van der Waals surface area contributed by atoms with Crippen LogP contribution in [-0.4, -0.2) is 54.0 Å². The van der Waals surface area contributed by atoms with Crippen LogP contribution < -0.4 is 19.7 Å². The van der Waals surface area contributed by atoms with Crippen molar-refractivity contribution in [2.45, 2.75) is 45.6 Å². The number of carbonyl (C=O) groups excluding carboxylic acids is 1. The zero-order valence-electron chi connectivity index (χ0n) is 20.1. The molecule has 4 rings (SSSR count). The zero-order valence-corrected chi connectivity index (χ0v) is 20.1. The minimum atomic E-state index is 0.0925. The van der Waals surface area contributed by atoms with E-state index >= 15 is 0 Å². The number of hydrogen-bond acceptors (Lipinski definition) is 6. The van der Waals surface area contributed by atoms with E-state index < -0.39 is 0 Å². The average Bonchev–Trinajstić information content (AvgIpc) is 3.15. The lowest BCUT2D eigenvalue weighted by Crippen LogP contribution is -2.44. The van der Waals surface area contributed by atoms with Gasteiger partial charge in [-0.25, -0.2) is 9.67 Å². The number of benzene rings is 1. The number of aromatic nitrogens is 3. The summed E-state index contributed by atoms with van der Waals surface area (Å²) in [5.41, 5.74) is 5.12. The molecule has 0 unspecified atom stereocenters. The first kappa shape index (κ1) is 22.9. The molecule has 0 aliphatic carbocycles. The Bertz CT molecular complexity index is 1130. The van der Waals surface area contributed by atoms with Gasteiger partial charge in [-0.3, -0.25) is 4.79 Å². The first-order chi connectivity index (χ1) is 15.9. The minimum Gasteiger partial charge on any atom is -0.497 e. The number of aryl methyl sites for hydroxylation is 3. The Labute approximate surface area is 194 Å². The number of nitrogens with zero attached hydrogens (tertiary/aromatic N) is 4. The Morgan fingerprint density at radius 2 is 1.82 bits per heavy atom. The molecule has 1 aliphatic heterocycles. The van der Waals surface area contributed by atoms with E-state index in [2.05, 4.69) is 34.4 Å². The van der Waals surface area contributed by atoms with Gasteiger partial charge in [-0.1, -0.05) is 0 Å². The quantitative estimate of drug-likeness (QED) is 0.594. The maximum absolute atomic E-state index is 12.7. The van der Waals surface area contributed by atoms with E-state index in [1.807, 2.05) is 26.1 Å². The molecule has 1 aliphatic rings. The molecule has 1 saturated heterocycles. The molecule has 0 saturated carbocycles. The molecule has 1 N–H and O–H groups in total. The first-order valence-electron chi connectivity index (χ1n) is 11.5. The molecule has 1 aromatic carbocycles. The molecular weight excluding hydrogens is 418 g/mol. The SMILES string of the molecule is COc1ccc(N2CCC(NC(=O)CCc3c(C)nc4c(c(OC)nn4C)c3C)CC2)cc1. The monoisotopic (exact) mass is 451 g/mol. The summed E-state index contributed by atoms with van der Waals surface area (Å²) in [6.07, 6.45) is 2.97. The number of nitrogens with one attached hydrogen (secondary N) is 1. The third-order valence-corrected chi connectivity index (χ3v) is 6.62. The van der Waals surface area contributed by atoms with Crippen LogP contribution in [0.25, 0.3) is 11.0 Å². The topological polar surface area (TPSA) is 81.5 Å². The predicted molar refractivity (Wildman–Crippen MR) is 129 cm³/mol. The van der Waals surface area contributed by atoms with Crippen molar-refractivity contribution < 1.29 is 14.3 Å². The summed E-state index contributed by atoms with van der Waals surface area (Å²) in [7, 11) is 5.16. The number of rotatable bonds is 7. The Morgan fingerprint density at radius 1 is 1.12 bits per heavy atom. The summed E-state index contributed by atoms with van der Waals surface area (Å²) in [5, 5.41) is 8.56. The van der Waals surface area contributed by atoms with E-state index in [-0.39, 0.29) is 11.9 Å². The largest absolute Gasteiger partial charge is 0.497 e. The highest BCUT2D eigenvalue weighted by Gasteiger charge is 2.22. The summed E-state index contributed by atoms with van der Waals surface area (Å²) < 4.78 is 12.4. The van der Waals surface area contributed by atoms with Gasteiger partial charge >= 0.3 is 0 Å². The van der Waals surface area contributed by atoms with E-state index in [4.69, 9.17) is 14.5 Å². The molecule has 0 bridgehead atoms. The lowest BCUT2D eigenvalue weighted by atomic mass is 9.99. The van der Waals surface area contributed by atoms with Crippen molar-refractivity contribution in [3.63, 3.8) is 0 Å². The Hall–Kier alpha value is -3.29. The van der Waals surface area contributed by atoms with Crippen molar-refractivity contribution >= 4 is 22.6 Å². The third kappa shape index (κ3) is 4.74. The van der Waals surface area contributed by atoms with Gasteiger partial charge < -0.3 is 19.7 Å². The van der Waals surface area contributed by atoms with Crippen LogP contribution >= 0.6 is 0 Å². The maximum atomic E-state index is 12.7. The molecule has 8 heteroatoms. The third-order valence-electron chi connectivity index (χ3n) is 6.62. The highest BCUT2D eigenvalue weighted by atomic mass is 16.5. The lowest BCUT2D eigenvalue weighted by Gasteiger charge is -2.34. The number of amides is 1. The first-order valence-corrected chi connectivity index (χ1v) is 11.5. The Balaban J connectivity index is 1.33. The number of piperidine rings is 1. The van der Waals surface area contributed by atoms with E-state index in [0.717, 1.165) is 59.5 Å². The standard InChI is InChI=1S/C25H33N5O3/c1-16-21(17(2)26-24-23(16)25(33-5)28-29(24)3)10-11-22(31)27-18-12-14-30(15-13-18)19-6-8-20(32-4)9-7-19/h6-9,18H,10-15H2,1-5H3,(H,27,31). The molecule has 1 fully saturated rings. The van der Waals surface area contributed by atoms with E-state index in [0.29, 0.717) is 18.7 Å². The van der Waals surface area contributed by atoms with Gasteiger partial charge in [0, 0.05) is 44.0 Å². The van der Waals surface area contributed by atoms with E-state index in [1.165, 1.54) is 5.69 Å². The van der Waals surface area contributed by atoms with Crippen LogP contribution in [0.15, 0.2) is 24.3 Å². The molecule has 0 spiro atoms. The van der Waals surface area contributed by atoms with Crippen molar-refractivity contribution in [1.82, 2.24) is 20.1 Å². The Morgan fingerprint density at radius 3 is 2.45 bits per heavy atom. The molecule has 8 nitrogen and oxygen atoms in total. The van der Waals surface area contributed by atoms with Crippen LogP contribution in [0.5, 0.6) is 11.6 Å². The van der Waals surface area contributed by atoms with E-state index in [1.54, 1.807) is 18.9 Å². The van der Waals surface area contributed by atoms with Gasteiger partial charge in [0.15, 0.2) is 5.65 Å². The molecule has 0 radical (unpaired) electrons. The molecule has 3 heterocycles. The molecule has 0 atom stereocenters. The van der Waals surface area contributed by atoms with Crippen LogP contribution in [-0.2, 0) is 18.3 Å². The number of hydrogen-bond donors (Lipinski definition) is 1. The highest BCUT2D eigenvalue weighted by molar-refractivity contribution is 5.86. The molecule has 2 aromatic heterocycles. The van der Waals surface area contributed by atoms with Crippen molar-refractivity contribution in [2.75, 3.05) is 32.2 Å². The molecular formula is C25H33N5O3. The number of methoxy groups -OCH3 is 2. The molecule has 3 aromatic rings. The lowest BCUT2D eigenvalue weighted by molar-refractivity contribution is -0.121. The number of fused-ring (bicyclic) bond motifs is 1. The number of ether oxygens (including phenoxy) is 2. The van der Waals surface area contributed by atoms with Crippen molar-refractivity contribution in [3.8, 4) is 11.6 Å². The zero-order chi connectivity index (χ0) is 23.5. The maximum Gasteiger partial charge on any atom is 0.242 e. The summed E-state index contributed by atoms with van der Waals surface area (Å²) in [6.45, 7) is 5.91. The van der Waals surface area contributed by atoms with Crippen LogP contribution in [0.4, 0.5) is 5.69 Å². The van der Waals surface area contributed by atoms with Gasteiger partial charge in [0.25, 0.3) is 0 Å². The van der Waals surface area contributed by atoms with Gasteiger partial charge in [0.1, 0.15) is 5.75 Å². The van der Waals surface area contributed by atoms with Crippen molar-refractivity contribution in [2.24, 2.45) is 7.05 Å². The number of anilines is 1. The fraction of sp³-hybridized carbons (Fsp3) is 0.480. The normalized spacial score (nSPS) is 14.5. The summed E-state index contributed by atoms with van der Waals surface area (Å²) in [5.74, 6) is 1.53. The summed E-state index contributed by atoms with van der Waals surface area (Å²) in [4.78, 5) is 19.8. The Kier molecular flexibility index (Phi) is 6.72. The smallest absolute Gasteiger partial charge is 0.242 e. The fourth-order valence-corrected chi connectivity index (χ4v) is 4.72. The second kappa shape index (κ2) is 9.68. The fourth-order valence-electron chi connectivity index (χ4n) is 4.72. The number of pyridine rings is 1. The van der Waals surface area contributed by atoms with Crippen LogP contribution in [0.3, 0.4) is 0 Å². The van der Waals surface area contributed by atoms with Gasteiger partial charge in [-0.15, -0.1) is 5.10 Å². The van der Waals surface area contributed by atoms with Crippen LogP contribution in [0.2, 0.25) is 0 Å². The summed E-state index contributed by atoms with van der Waals surface area (Å²) in [6, 6.07) is 8.36.